The highest BCUT2D eigenvalue weighted by atomic mass is 16.5. The van der Waals surface area contributed by atoms with Crippen LogP contribution >= 0.6 is 0 Å². The molecule has 5 nitrogen and oxygen atoms in total. The number of pyridine rings is 1. The molecular formula is C12H21N3O2. The van der Waals surface area contributed by atoms with Crippen LogP contribution in [0.5, 0.6) is 5.88 Å². The number of aliphatic hydroxyl groups excluding tert-OH is 1. The molecule has 0 aromatic carbocycles. The average molecular weight is 239 g/mol. The summed E-state index contributed by atoms with van der Waals surface area (Å²) in [7, 11) is 1.59. The van der Waals surface area contributed by atoms with Gasteiger partial charge in [-0.15, -0.1) is 0 Å². The molecule has 0 radical (unpaired) electrons. The van der Waals surface area contributed by atoms with Crippen molar-refractivity contribution in [1.82, 2.24) is 4.98 Å². The van der Waals surface area contributed by atoms with Crippen LogP contribution in [0.3, 0.4) is 0 Å². The molecule has 1 heterocycles. The molecule has 3 N–H and O–H groups in total. The Kier molecular flexibility index (Phi) is 5.72. The van der Waals surface area contributed by atoms with Gasteiger partial charge in [-0.2, -0.15) is 4.98 Å². The van der Waals surface area contributed by atoms with Crippen molar-refractivity contribution >= 4 is 5.82 Å². The van der Waals surface area contributed by atoms with Gasteiger partial charge in [-0.3, -0.25) is 0 Å². The van der Waals surface area contributed by atoms with E-state index in [0.717, 1.165) is 24.3 Å². The van der Waals surface area contributed by atoms with E-state index in [9.17, 15) is 0 Å². The third-order valence-corrected chi connectivity index (χ3v) is 2.56. The molecule has 96 valence electrons. The van der Waals surface area contributed by atoms with E-state index in [-0.39, 0.29) is 6.61 Å². The molecule has 0 spiro atoms. The van der Waals surface area contributed by atoms with E-state index in [0.29, 0.717) is 19.0 Å². The molecule has 1 aromatic rings. The average Bonchev–Trinajstić information content (AvgIpc) is 2.35. The zero-order valence-corrected chi connectivity index (χ0v) is 10.5. The first kappa shape index (κ1) is 13.7. The highest BCUT2D eigenvalue weighted by molar-refractivity contribution is 5.48. The lowest BCUT2D eigenvalue weighted by atomic mass is 10.2. The van der Waals surface area contributed by atoms with E-state index in [1.54, 1.807) is 7.11 Å². The lowest BCUT2D eigenvalue weighted by molar-refractivity contribution is 0.301. The second-order valence-corrected chi connectivity index (χ2v) is 3.85. The minimum absolute atomic E-state index is 0.100. The van der Waals surface area contributed by atoms with Crippen LogP contribution < -0.4 is 15.4 Å². The van der Waals surface area contributed by atoms with Gasteiger partial charge in [0.2, 0.25) is 5.88 Å². The van der Waals surface area contributed by atoms with Crippen LogP contribution in [-0.2, 0) is 0 Å². The van der Waals surface area contributed by atoms with E-state index < -0.39 is 0 Å². The molecule has 0 amide bonds. The number of nitrogens with two attached hydrogens (primary N) is 1. The third kappa shape index (κ3) is 3.87. The molecule has 1 aromatic heterocycles. The van der Waals surface area contributed by atoms with Crippen molar-refractivity contribution in [2.75, 3.05) is 38.3 Å². The first-order chi connectivity index (χ1) is 8.22. The zero-order chi connectivity index (χ0) is 12.7. The molecule has 5 heteroatoms. The number of nitrogens with zero attached hydrogens (tertiary/aromatic N) is 2. The maximum absolute atomic E-state index is 9.08. The Hall–Kier alpha value is -1.33. The number of rotatable bonds is 7. The van der Waals surface area contributed by atoms with E-state index in [1.807, 2.05) is 24.0 Å². The minimum atomic E-state index is 0.100. The molecule has 0 aliphatic heterocycles. The van der Waals surface area contributed by atoms with Gasteiger partial charge >= 0.3 is 0 Å². The Morgan fingerprint density at radius 2 is 2.18 bits per heavy atom. The molecular weight excluding hydrogens is 218 g/mol. The van der Waals surface area contributed by atoms with Crippen molar-refractivity contribution in [2.45, 2.75) is 13.3 Å². The maximum Gasteiger partial charge on any atom is 0.214 e. The number of aliphatic hydroxyl groups is 1. The maximum atomic E-state index is 9.08. The molecule has 0 aliphatic carbocycles. The molecule has 0 saturated heterocycles. The van der Waals surface area contributed by atoms with Crippen molar-refractivity contribution < 1.29 is 9.84 Å². The highest BCUT2D eigenvalue weighted by Crippen LogP contribution is 2.20. The van der Waals surface area contributed by atoms with E-state index >= 15 is 0 Å². The quantitative estimate of drug-likeness (QED) is 0.727. The van der Waals surface area contributed by atoms with Crippen LogP contribution in [0, 0.1) is 6.92 Å². The summed E-state index contributed by atoms with van der Waals surface area (Å²) < 4.78 is 5.12. The Morgan fingerprint density at radius 3 is 2.76 bits per heavy atom. The van der Waals surface area contributed by atoms with Gasteiger partial charge in [0, 0.05) is 19.2 Å². The molecule has 1 rings (SSSR count). The van der Waals surface area contributed by atoms with Crippen LogP contribution in [-0.4, -0.2) is 43.4 Å². The lowest BCUT2D eigenvalue weighted by Crippen LogP contribution is -2.30. The number of anilines is 1. The number of hydrogen-bond donors (Lipinski definition) is 2. The van der Waals surface area contributed by atoms with Crippen molar-refractivity contribution in [3.05, 3.63) is 17.7 Å². The monoisotopic (exact) mass is 239 g/mol. The number of methoxy groups -OCH3 is 1. The summed E-state index contributed by atoms with van der Waals surface area (Å²) in [6.45, 7) is 4.07. The van der Waals surface area contributed by atoms with Gasteiger partial charge in [0.05, 0.1) is 13.7 Å². The normalized spacial score (nSPS) is 10.4. The zero-order valence-electron chi connectivity index (χ0n) is 10.5. The lowest BCUT2D eigenvalue weighted by Gasteiger charge is -2.24. The summed E-state index contributed by atoms with van der Waals surface area (Å²) in [6.07, 6.45) is 0.873. The second kappa shape index (κ2) is 7.09. The minimum Gasteiger partial charge on any atom is -0.481 e. The Bertz CT molecular complexity index is 345. The fourth-order valence-corrected chi connectivity index (χ4v) is 1.66. The number of aryl methyl sites for hydroxylation is 1. The Morgan fingerprint density at radius 1 is 1.41 bits per heavy atom. The molecule has 0 unspecified atom stereocenters. The molecule has 0 atom stereocenters. The first-order valence-electron chi connectivity index (χ1n) is 5.80. The summed E-state index contributed by atoms with van der Waals surface area (Å²) >= 11 is 0. The molecule has 0 fully saturated rings. The largest absolute Gasteiger partial charge is 0.481 e. The van der Waals surface area contributed by atoms with Crippen molar-refractivity contribution in [3.8, 4) is 5.88 Å². The standard InChI is InChI=1S/C12H21N3O2/c1-10-4-5-11(17-2)14-12(10)15(8-9-16)7-3-6-13/h4-5,16H,3,6-9,13H2,1-2H3. The number of hydrogen-bond acceptors (Lipinski definition) is 5. The van der Waals surface area contributed by atoms with Crippen LogP contribution in [0.4, 0.5) is 5.82 Å². The summed E-state index contributed by atoms with van der Waals surface area (Å²) in [5, 5.41) is 9.08. The second-order valence-electron chi connectivity index (χ2n) is 3.85. The van der Waals surface area contributed by atoms with Crippen LogP contribution in [0.25, 0.3) is 0 Å². The van der Waals surface area contributed by atoms with Gasteiger partial charge < -0.3 is 20.5 Å². The van der Waals surface area contributed by atoms with Gasteiger partial charge in [-0.1, -0.05) is 6.07 Å². The van der Waals surface area contributed by atoms with Crippen LogP contribution in [0.1, 0.15) is 12.0 Å². The van der Waals surface area contributed by atoms with Gasteiger partial charge in [0.25, 0.3) is 0 Å². The van der Waals surface area contributed by atoms with Gasteiger partial charge in [-0.05, 0) is 25.5 Å². The van der Waals surface area contributed by atoms with Gasteiger partial charge in [0.15, 0.2) is 0 Å². The SMILES string of the molecule is COc1ccc(C)c(N(CCO)CCCN)n1. The van der Waals surface area contributed by atoms with Gasteiger partial charge in [0.1, 0.15) is 5.82 Å². The van der Waals surface area contributed by atoms with Gasteiger partial charge in [-0.25, -0.2) is 0 Å². The predicted octanol–water partition coefficient (Wildman–Crippen LogP) is 0.546. The van der Waals surface area contributed by atoms with Crippen molar-refractivity contribution in [1.29, 1.82) is 0 Å². The predicted molar refractivity (Wildman–Crippen MR) is 68.5 cm³/mol. The summed E-state index contributed by atoms with van der Waals surface area (Å²) in [5.74, 6) is 1.44. The fourth-order valence-electron chi connectivity index (χ4n) is 1.66. The Labute approximate surface area is 102 Å². The van der Waals surface area contributed by atoms with Crippen molar-refractivity contribution in [3.63, 3.8) is 0 Å². The smallest absolute Gasteiger partial charge is 0.214 e. The molecule has 0 bridgehead atoms. The summed E-state index contributed by atoms with van der Waals surface area (Å²) in [6, 6.07) is 3.80. The Balaban J connectivity index is 2.90. The third-order valence-electron chi connectivity index (χ3n) is 2.56. The number of ether oxygens (including phenoxy) is 1. The van der Waals surface area contributed by atoms with E-state index in [4.69, 9.17) is 15.6 Å². The van der Waals surface area contributed by atoms with Crippen molar-refractivity contribution in [2.24, 2.45) is 5.73 Å². The topological polar surface area (TPSA) is 71.6 Å². The van der Waals surface area contributed by atoms with Crippen LogP contribution in [0.2, 0.25) is 0 Å². The summed E-state index contributed by atoms with van der Waals surface area (Å²) in [4.78, 5) is 6.45. The fraction of sp³-hybridized carbons (Fsp3) is 0.583. The molecule has 0 aliphatic rings. The summed E-state index contributed by atoms with van der Waals surface area (Å²) in [5.41, 5.74) is 6.58. The molecule has 17 heavy (non-hydrogen) atoms. The van der Waals surface area contributed by atoms with E-state index in [1.165, 1.54) is 0 Å². The van der Waals surface area contributed by atoms with E-state index in [2.05, 4.69) is 4.98 Å². The molecule has 0 saturated carbocycles. The first-order valence-corrected chi connectivity index (χ1v) is 5.80. The number of aromatic nitrogens is 1. The highest BCUT2D eigenvalue weighted by Gasteiger charge is 2.11. The van der Waals surface area contributed by atoms with Crippen LogP contribution in [0.15, 0.2) is 12.1 Å².